The second kappa shape index (κ2) is 5.40. The van der Waals surface area contributed by atoms with E-state index >= 15 is 0 Å². The highest BCUT2D eigenvalue weighted by Crippen LogP contribution is 2.20. The molecule has 2 aliphatic heterocycles. The number of hydrogen-bond acceptors (Lipinski definition) is 5. The summed E-state index contributed by atoms with van der Waals surface area (Å²) in [4.78, 5) is 38.6. The van der Waals surface area contributed by atoms with E-state index in [4.69, 9.17) is 4.74 Å². The molecule has 2 rings (SSSR count). The number of amides is 3. The maximum Gasteiger partial charge on any atom is 0.325 e. The van der Waals surface area contributed by atoms with Crippen LogP contribution in [0.1, 0.15) is 26.7 Å². The normalized spacial score (nSPS) is 25.9. The third-order valence-electron chi connectivity index (χ3n) is 3.89. The van der Waals surface area contributed by atoms with Gasteiger partial charge in [-0.15, -0.1) is 0 Å². The Balaban J connectivity index is 1.94. The SMILES string of the molecule is COC(=O)C1CCCN1CCN1C(=O)NC(C)(C)C1=O. The average Bonchev–Trinajstić information content (AvgIpc) is 2.91. The van der Waals surface area contributed by atoms with Gasteiger partial charge in [-0.2, -0.15) is 0 Å². The molecule has 112 valence electrons. The molecular formula is C13H21N3O4. The summed E-state index contributed by atoms with van der Waals surface area (Å²) in [6.07, 6.45) is 1.68. The standard InChI is InChI=1S/C13H21N3O4/c1-13(2)11(18)16(12(19)14-13)8-7-15-6-4-5-9(15)10(17)20-3/h9H,4-8H2,1-3H3,(H,14,19). The fourth-order valence-electron chi connectivity index (χ4n) is 2.75. The van der Waals surface area contributed by atoms with Crippen molar-refractivity contribution in [1.82, 2.24) is 15.1 Å². The zero-order valence-corrected chi connectivity index (χ0v) is 12.1. The zero-order valence-electron chi connectivity index (χ0n) is 12.1. The molecule has 7 nitrogen and oxygen atoms in total. The number of hydrogen-bond donors (Lipinski definition) is 1. The molecule has 0 aliphatic carbocycles. The van der Waals surface area contributed by atoms with Crippen LogP contribution in [0.5, 0.6) is 0 Å². The molecular weight excluding hydrogens is 262 g/mol. The minimum absolute atomic E-state index is 0.226. The number of rotatable bonds is 4. The van der Waals surface area contributed by atoms with Crippen LogP contribution < -0.4 is 5.32 Å². The predicted molar refractivity (Wildman–Crippen MR) is 70.9 cm³/mol. The average molecular weight is 283 g/mol. The van der Waals surface area contributed by atoms with Gasteiger partial charge in [0.25, 0.3) is 5.91 Å². The lowest BCUT2D eigenvalue weighted by Crippen LogP contribution is -2.44. The van der Waals surface area contributed by atoms with Crippen molar-refractivity contribution in [3.8, 4) is 0 Å². The molecule has 2 saturated heterocycles. The van der Waals surface area contributed by atoms with E-state index in [1.807, 2.05) is 4.90 Å². The van der Waals surface area contributed by atoms with Gasteiger partial charge in [0, 0.05) is 13.1 Å². The number of nitrogens with zero attached hydrogens (tertiary/aromatic N) is 2. The number of methoxy groups -OCH3 is 1. The summed E-state index contributed by atoms with van der Waals surface area (Å²) in [6.45, 7) is 4.93. The fourth-order valence-corrected chi connectivity index (χ4v) is 2.75. The van der Waals surface area contributed by atoms with Gasteiger partial charge in [0.2, 0.25) is 0 Å². The molecule has 0 aromatic heterocycles. The summed E-state index contributed by atoms with van der Waals surface area (Å²) in [5.41, 5.74) is -0.843. The van der Waals surface area contributed by atoms with Crippen LogP contribution in [0.2, 0.25) is 0 Å². The Kier molecular flexibility index (Phi) is 3.99. The lowest BCUT2D eigenvalue weighted by molar-refractivity contribution is -0.145. The van der Waals surface area contributed by atoms with E-state index in [1.54, 1.807) is 13.8 Å². The van der Waals surface area contributed by atoms with Crippen LogP contribution in [0.15, 0.2) is 0 Å². The molecule has 0 saturated carbocycles. The van der Waals surface area contributed by atoms with Crippen molar-refractivity contribution in [3.63, 3.8) is 0 Å². The van der Waals surface area contributed by atoms with E-state index in [9.17, 15) is 14.4 Å². The Morgan fingerprint density at radius 1 is 1.40 bits per heavy atom. The first-order valence-electron chi connectivity index (χ1n) is 6.83. The number of carbonyl (C=O) groups excluding carboxylic acids is 3. The molecule has 2 aliphatic rings. The summed E-state index contributed by atoms with van der Waals surface area (Å²) in [5.74, 6) is -0.476. The Hall–Kier alpha value is -1.63. The highest BCUT2D eigenvalue weighted by molar-refractivity contribution is 6.06. The molecule has 1 atom stereocenters. The number of likely N-dealkylation sites (tertiary alicyclic amines) is 1. The van der Waals surface area contributed by atoms with Crippen molar-refractivity contribution in [2.24, 2.45) is 0 Å². The van der Waals surface area contributed by atoms with Crippen LogP contribution in [0.3, 0.4) is 0 Å². The second-order valence-electron chi connectivity index (χ2n) is 5.73. The third kappa shape index (κ3) is 2.63. The molecule has 0 aromatic carbocycles. The lowest BCUT2D eigenvalue weighted by Gasteiger charge is -2.24. The zero-order chi connectivity index (χ0) is 14.9. The second-order valence-corrected chi connectivity index (χ2v) is 5.73. The van der Waals surface area contributed by atoms with E-state index in [1.165, 1.54) is 12.0 Å². The van der Waals surface area contributed by atoms with Crippen molar-refractivity contribution in [1.29, 1.82) is 0 Å². The largest absolute Gasteiger partial charge is 0.468 e. The van der Waals surface area contributed by atoms with Gasteiger partial charge in [0.05, 0.1) is 7.11 Å². The highest BCUT2D eigenvalue weighted by atomic mass is 16.5. The topological polar surface area (TPSA) is 79.0 Å². The lowest BCUT2D eigenvalue weighted by atomic mass is 10.1. The molecule has 20 heavy (non-hydrogen) atoms. The molecule has 2 heterocycles. The van der Waals surface area contributed by atoms with E-state index < -0.39 is 5.54 Å². The summed E-state index contributed by atoms with van der Waals surface area (Å²) in [6, 6.07) is -0.623. The summed E-state index contributed by atoms with van der Waals surface area (Å²) < 4.78 is 4.77. The van der Waals surface area contributed by atoms with Crippen molar-refractivity contribution >= 4 is 17.9 Å². The number of nitrogens with one attached hydrogen (secondary N) is 1. The van der Waals surface area contributed by atoms with Crippen molar-refractivity contribution in [2.75, 3.05) is 26.7 Å². The molecule has 0 bridgehead atoms. The first-order chi connectivity index (χ1) is 9.36. The van der Waals surface area contributed by atoms with Gasteiger partial charge in [-0.3, -0.25) is 19.4 Å². The molecule has 3 amide bonds. The van der Waals surface area contributed by atoms with Gasteiger partial charge in [-0.25, -0.2) is 4.79 Å². The summed E-state index contributed by atoms with van der Waals surface area (Å²) in [7, 11) is 1.37. The minimum Gasteiger partial charge on any atom is -0.468 e. The van der Waals surface area contributed by atoms with Gasteiger partial charge in [0.1, 0.15) is 11.6 Å². The molecule has 0 radical (unpaired) electrons. The molecule has 2 fully saturated rings. The van der Waals surface area contributed by atoms with Crippen LogP contribution in [0, 0.1) is 0 Å². The van der Waals surface area contributed by atoms with Gasteiger partial charge in [0.15, 0.2) is 0 Å². The van der Waals surface area contributed by atoms with Crippen LogP contribution >= 0.6 is 0 Å². The van der Waals surface area contributed by atoms with Gasteiger partial charge in [-0.05, 0) is 33.2 Å². The Morgan fingerprint density at radius 2 is 2.10 bits per heavy atom. The smallest absolute Gasteiger partial charge is 0.325 e. The number of ether oxygens (including phenoxy) is 1. The number of urea groups is 1. The van der Waals surface area contributed by atoms with Crippen LogP contribution in [0.25, 0.3) is 0 Å². The van der Waals surface area contributed by atoms with Gasteiger partial charge >= 0.3 is 12.0 Å². The van der Waals surface area contributed by atoms with Crippen LogP contribution in [-0.4, -0.2) is 66.0 Å². The van der Waals surface area contributed by atoms with Crippen molar-refractivity contribution in [3.05, 3.63) is 0 Å². The number of carbonyl (C=O) groups is 3. The van der Waals surface area contributed by atoms with Gasteiger partial charge < -0.3 is 10.1 Å². The number of esters is 1. The predicted octanol–water partition coefficient (Wildman–Crippen LogP) is -0.0458. The Morgan fingerprint density at radius 3 is 2.65 bits per heavy atom. The molecule has 1 N–H and O–H groups in total. The monoisotopic (exact) mass is 283 g/mol. The number of imide groups is 1. The first kappa shape index (κ1) is 14.8. The maximum absolute atomic E-state index is 12.0. The first-order valence-corrected chi connectivity index (χ1v) is 6.83. The highest BCUT2D eigenvalue weighted by Gasteiger charge is 2.44. The Bertz CT molecular complexity index is 435. The molecule has 1 unspecified atom stereocenters. The quantitative estimate of drug-likeness (QED) is 0.578. The fraction of sp³-hybridized carbons (Fsp3) is 0.769. The third-order valence-corrected chi connectivity index (χ3v) is 3.89. The minimum atomic E-state index is -0.843. The molecule has 7 heteroatoms. The van der Waals surface area contributed by atoms with Crippen LogP contribution in [-0.2, 0) is 14.3 Å². The molecule has 0 aromatic rings. The van der Waals surface area contributed by atoms with E-state index in [0.29, 0.717) is 13.1 Å². The Labute approximate surface area is 118 Å². The van der Waals surface area contributed by atoms with Crippen molar-refractivity contribution < 1.29 is 19.1 Å². The van der Waals surface area contributed by atoms with E-state index in [2.05, 4.69) is 5.32 Å². The molecule has 0 spiro atoms. The summed E-state index contributed by atoms with van der Waals surface area (Å²) >= 11 is 0. The van der Waals surface area contributed by atoms with Crippen molar-refractivity contribution in [2.45, 2.75) is 38.3 Å². The van der Waals surface area contributed by atoms with E-state index in [0.717, 1.165) is 19.4 Å². The van der Waals surface area contributed by atoms with Gasteiger partial charge in [-0.1, -0.05) is 0 Å². The van der Waals surface area contributed by atoms with Crippen LogP contribution in [0.4, 0.5) is 4.79 Å². The van der Waals surface area contributed by atoms with E-state index in [-0.39, 0.29) is 23.9 Å². The maximum atomic E-state index is 12.0. The summed E-state index contributed by atoms with van der Waals surface area (Å²) in [5, 5.41) is 2.64.